The van der Waals surface area contributed by atoms with Gasteiger partial charge in [0.05, 0.1) is 20.6 Å². The van der Waals surface area contributed by atoms with Crippen molar-refractivity contribution in [2.45, 2.75) is 51.9 Å². The average molecular weight is 248 g/mol. The summed E-state index contributed by atoms with van der Waals surface area (Å²) in [6.45, 7) is 3.53. The highest BCUT2D eigenvalue weighted by molar-refractivity contribution is 5.22. The fourth-order valence-corrected chi connectivity index (χ4v) is 2.27. The molecule has 0 aliphatic carbocycles. The Hall–Kier alpha value is -0.820. The minimum absolute atomic E-state index is 1.22. The number of benzene rings is 1. The standard InChI is InChI=1S/C17H29N/c1-4-5-6-7-9-16-11-13-17(14-12-16)10-8-15-18(2)3/h11-14H,4-10,15H2,1-3H3/p+1. The summed E-state index contributed by atoms with van der Waals surface area (Å²) in [4.78, 5) is 1.54. The van der Waals surface area contributed by atoms with Crippen molar-refractivity contribution in [3.63, 3.8) is 0 Å². The van der Waals surface area contributed by atoms with Crippen LogP contribution in [0.15, 0.2) is 24.3 Å². The quantitative estimate of drug-likeness (QED) is 0.641. The molecule has 0 amide bonds. The lowest BCUT2D eigenvalue weighted by atomic mass is 10.0. The first kappa shape index (κ1) is 15.2. The molecule has 0 saturated carbocycles. The molecule has 0 spiro atoms. The van der Waals surface area contributed by atoms with Gasteiger partial charge in [0.15, 0.2) is 0 Å². The lowest BCUT2D eigenvalue weighted by molar-refractivity contribution is -0.858. The van der Waals surface area contributed by atoms with Gasteiger partial charge in [-0.25, -0.2) is 0 Å². The monoisotopic (exact) mass is 248 g/mol. The molecule has 0 bridgehead atoms. The van der Waals surface area contributed by atoms with Crippen molar-refractivity contribution in [2.24, 2.45) is 0 Å². The van der Waals surface area contributed by atoms with Gasteiger partial charge < -0.3 is 4.90 Å². The molecule has 0 heterocycles. The Morgan fingerprint density at radius 1 is 0.778 bits per heavy atom. The van der Waals surface area contributed by atoms with Crippen LogP contribution in [-0.2, 0) is 12.8 Å². The third-order valence-corrected chi connectivity index (χ3v) is 3.48. The largest absolute Gasteiger partial charge is 0.340 e. The van der Waals surface area contributed by atoms with Gasteiger partial charge in [-0.15, -0.1) is 0 Å². The van der Waals surface area contributed by atoms with Gasteiger partial charge in [0.25, 0.3) is 0 Å². The summed E-state index contributed by atoms with van der Waals surface area (Å²) in [6.07, 6.45) is 9.19. The van der Waals surface area contributed by atoms with Crippen LogP contribution in [0.25, 0.3) is 0 Å². The van der Waals surface area contributed by atoms with E-state index in [1.807, 2.05) is 0 Å². The molecule has 1 heteroatoms. The number of nitrogens with one attached hydrogen (secondary N) is 1. The van der Waals surface area contributed by atoms with Gasteiger partial charge in [0.1, 0.15) is 0 Å². The second kappa shape index (κ2) is 9.16. The first-order chi connectivity index (χ1) is 8.72. The number of aryl methyl sites for hydroxylation is 2. The van der Waals surface area contributed by atoms with E-state index in [0.717, 1.165) is 0 Å². The van der Waals surface area contributed by atoms with Crippen LogP contribution in [0.1, 0.15) is 50.2 Å². The van der Waals surface area contributed by atoms with Crippen molar-refractivity contribution in [2.75, 3.05) is 20.6 Å². The van der Waals surface area contributed by atoms with E-state index in [-0.39, 0.29) is 0 Å². The zero-order chi connectivity index (χ0) is 13.2. The Morgan fingerprint density at radius 2 is 1.33 bits per heavy atom. The molecule has 1 aromatic rings. The Morgan fingerprint density at radius 3 is 1.83 bits per heavy atom. The van der Waals surface area contributed by atoms with E-state index >= 15 is 0 Å². The van der Waals surface area contributed by atoms with E-state index in [0.29, 0.717) is 0 Å². The lowest BCUT2D eigenvalue weighted by Crippen LogP contribution is -3.05. The van der Waals surface area contributed by atoms with E-state index in [1.54, 1.807) is 4.90 Å². The first-order valence-corrected chi connectivity index (χ1v) is 7.59. The Kier molecular flexibility index (Phi) is 7.75. The molecule has 1 N–H and O–H groups in total. The molecule has 1 nitrogen and oxygen atoms in total. The molecule has 0 aliphatic rings. The van der Waals surface area contributed by atoms with Crippen molar-refractivity contribution in [3.8, 4) is 0 Å². The predicted molar refractivity (Wildman–Crippen MR) is 80.3 cm³/mol. The second-order valence-corrected chi connectivity index (χ2v) is 5.69. The lowest BCUT2D eigenvalue weighted by Gasteiger charge is -2.07. The topological polar surface area (TPSA) is 4.44 Å². The Labute approximate surface area is 113 Å². The molecule has 0 saturated heterocycles. The zero-order valence-corrected chi connectivity index (χ0v) is 12.5. The van der Waals surface area contributed by atoms with Crippen molar-refractivity contribution < 1.29 is 4.90 Å². The van der Waals surface area contributed by atoms with Gasteiger partial charge >= 0.3 is 0 Å². The second-order valence-electron chi connectivity index (χ2n) is 5.69. The van der Waals surface area contributed by atoms with Crippen molar-refractivity contribution in [1.82, 2.24) is 0 Å². The van der Waals surface area contributed by atoms with Crippen molar-refractivity contribution in [3.05, 3.63) is 35.4 Å². The summed E-state index contributed by atoms with van der Waals surface area (Å²) in [7, 11) is 4.44. The number of hydrogen-bond acceptors (Lipinski definition) is 0. The summed E-state index contributed by atoms with van der Waals surface area (Å²) in [6, 6.07) is 9.29. The zero-order valence-electron chi connectivity index (χ0n) is 12.5. The molecule has 1 rings (SSSR count). The highest BCUT2D eigenvalue weighted by Gasteiger charge is 1.98. The van der Waals surface area contributed by atoms with Crippen LogP contribution in [0, 0.1) is 0 Å². The van der Waals surface area contributed by atoms with Crippen molar-refractivity contribution in [1.29, 1.82) is 0 Å². The summed E-state index contributed by atoms with van der Waals surface area (Å²) in [5.41, 5.74) is 3.00. The van der Waals surface area contributed by atoms with Gasteiger partial charge in [0.2, 0.25) is 0 Å². The summed E-state index contributed by atoms with van der Waals surface area (Å²) in [5.74, 6) is 0. The normalized spacial score (nSPS) is 11.1. The number of hydrogen-bond donors (Lipinski definition) is 1. The van der Waals surface area contributed by atoms with Gasteiger partial charge in [-0.2, -0.15) is 0 Å². The molecule has 1 aromatic carbocycles. The van der Waals surface area contributed by atoms with E-state index in [1.165, 1.54) is 62.6 Å². The van der Waals surface area contributed by atoms with E-state index in [2.05, 4.69) is 45.3 Å². The van der Waals surface area contributed by atoms with E-state index in [4.69, 9.17) is 0 Å². The molecular weight excluding hydrogens is 218 g/mol. The number of unbranched alkanes of at least 4 members (excludes halogenated alkanes) is 3. The predicted octanol–water partition coefficient (Wildman–Crippen LogP) is 2.89. The van der Waals surface area contributed by atoms with E-state index < -0.39 is 0 Å². The van der Waals surface area contributed by atoms with E-state index in [9.17, 15) is 0 Å². The van der Waals surface area contributed by atoms with Crippen LogP contribution >= 0.6 is 0 Å². The highest BCUT2D eigenvalue weighted by Crippen LogP contribution is 2.10. The summed E-state index contributed by atoms with van der Waals surface area (Å²) < 4.78 is 0. The van der Waals surface area contributed by atoms with Crippen LogP contribution in [0.3, 0.4) is 0 Å². The van der Waals surface area contributed by atoms with Crippen LogP contribution < -0.4 is 4.90 Å². The third-order valence-electron chi connectivity index (χ3n) is 3.48. The Bertz CT molecular complexity index is 300. The van der Waals surface area contributed by atoms with Gasteiger partial charge in [-0.1, -0.05) is 50.5 Å². The number of quaternary nitrogens is 1. The molecule has 0 aromatic heterocycles. The molecule has 0 fully saturated rings. The molecule has 102 valence electrons. The molecule has 0 radical (unpaired) electrons. The van der Waals surface area contributed by atoms with Gasteiger partial charge in [0, 0.05) is 6.42 Å². The summed E-state index contributed by atoms with van der Waals surface area (Å²) >= 11 is 0. The smallest absolute Gasteiger partial charge is 0.0770 e. The molecule has 0 atom stereocenters. The molecule has 0 unspecified atom stereocenters. The van der Waals surface area contributed by atoms with Crippen molar-refractivity contribution >= 4 is 0 Å². The number of rotatable bonds is 9. The van der Waals surface area contributed by atoms with Crippen LogP contribution in [-0.4, -0.2) is 20.6 Å². The summed E-state index contributed by atoms with van der Waals surface area (Å²) in [5, 5.41) is 0. The molecule has 0 aliphatic heterocycles. The van der Waals surface area contributed by atoms with Crippen LogP contribution in [0.4, 0.5) is 0 Å². The Balaban J connectivity index is 2.24. The SMILES string of the molecule is CCCCCCc1ccc(CCC[NH+](C)C)cc1. The fourth-order valence-electron chi connectivity index (χ4n) is 2.27. The fraction of sp³-hybridized carbons (Fsp3) is 0.647. The van der Waals surface area contributed by atoms with Gasteiger partial charge in [-0.3, -0.25) is 0 Å². The first-order valence-electron chi connectivity index (χ1n) is 7.59. The van der Waals surface area contributed by atoms with Crippen LogP contribution in [0.2, 0.25) is 0 Å². The molecule has 18 heavy (non-hydrogen) atoms. The maximum Gasteiger partial charge on any atom is 0.0770 e. The highest BCUT2D eigenvalue weighted by atomic mass is 15.0. The third kappa shape index (κ3) is 6.80. The minimum Gasteiger partial charge on any atom is -0.340 e. The maximum atomic E-state index is 2.32. The average Bonchev–Trinajstić information content (AvgIpc) is 2.36. The van der Waals surface area contributed by atoms with Gasteiger partial charge in [-0.05, 0) is 30.4 Å². The van der Waals surface area contributed by atoms with Crippen LogP contribution in [0.5, 0.6) is 0 Å². The minimum atomic E-state index is 1.22. The maximum absolute atomic E-state index is 2.32. The molecular formula is C17H30N+.